The van der Waals surface area contributed by atoms with Gasteiger partial charge in [-0.15, -0.1) is 0 Å². The van der Waals surface area contributed by atoms with Gasteiger partial charge in [0, 0.05) is 22.2 Å². The third-order valence-electron chi connectivity index (χ3n) is 1.14. The fourth-order valence-corrected chi connectivity index (χ4v) is 0.709. The molecule has 9 heavy (non-hydrogen) atoms. The Kier molecular flexibility index (Phi) is 1.58. The van der Waals surface area contributed by atoms with E-state index in [1.54, 1.807) is 12.1 Å². The smallest absolute Gasteiger partial charge is 0.0588 e. The zero-order valence-electron chi connectivity index (χ0n) is 5.22. The molecule has 0 heterocycles. The van der Waals surface area contributed by atoms with Gasteiger partial charge >= 0.3 is 0 Å². The van der Waals surface area contributed by atoms with Crippen LogP contribution in [0.5, 0.6) is 0 Å². The number of hydrogen-bond acceptors (Lipinski definition) is 1. The van der Waals surface area contributed by atoms with E-state index in [1.165, 1.54) is 0 Å². The van der Waals surface area contributed by atoms with Crippen LogP contribution in [0.2, 0.25) is 0 Å². The first-order valence-electron chi connectivity index (χ1n) is 2.78. The number of nitrogens with one attached hydrogen (secondary N) is 1. The number of aryl methyl sites for hydroxylation is 1. The molecule has 1 aromatic carbocycles. The molecule has 0 aliphatic heterocycles. The minimum Gasteiger partial charge on any atom is -0.0588 e. The normalized spacial score (nSPS) is 9.00. The van der Waals surface area contributed by atoms with Crippen LogP contribution >= 0.6 is 0 Å². The van der Waals surface area contributed by atoms with Crippen LogP contribution in [0.15, 0.2) is 24.3 Å². The Morgan fingerprint density at radius 1 is 1.44 bits per heavy atom. The Bertz CT molecular complexity index is 220. The molecule has 0 saturated carbocycles. The largest absolute Gasteiger partial charge is 0.253 e. The van der Waals surface area contributed by atoms with Crippen LogP contribution in [-0.2, 0) is 0 Å². The maximum atomic E-state index is 10.0. The van der Waals surface area contributed by atoms with E-state index < -0.39 is 0 Å². The minimum atomic E-state index is 0.620. The second kappa shape index (κ2) is 2.40. The van der Waals surface area contributed by atoms with Gasteiger partial charge in [0.1, 0.15) is 0 Å². The summed E-state index contributed by atoms with van der Waals surface area (Å²) in [5.74, 6) is 0. The summed E-state index contributed by atoms with van der Waals surface area (Å²) >= 11 is 0. The summed E-state index contributed by atoms with van der Waals surface area (Å²) in [6.45, 7) is 1.95. The zero-order valence-corrected chi connectivity index (χ0v) is 5.22. The summed E-state index contributed by atoms with van der Waals surface area (Å²) in [5.41, 5.74) is 1.71. The summed E-state index contributed by atoms with van der Waals surface area (Å²) < 4.78 is 0. The predicted molar refractivity (Wildman–Crippen MR) is 35.2 cm³/mol. The average Bonchev–Trinajstić information content (AvgIpc) is 1.88. The molecule has 0 aromatic heterocycles. The number of hydrogen-bond donors (Lipinski definition) is 1. The second-order valence-corrected chi connectivity index (χ2v) is 1.97. The van der Waals surface area contributed by atoms with Crippen molar-refractivity contribution in [3.8, 4) is 0 Å². The molecule has 0 atom stereocenters. The van der Waals surface area contributed by atoms with Crippen LogP contribution in [-0.4, -0.2) is 0 Å². The Labute approximate surface area is 53.5 Å². The molecule has 0 spiro atoms. The molecule has 1 rings (SSSR count). The van der Waals surface area contributed by atoms with Crippen molar-refractivity contribution >= 4 is 5.69 Å². The molecule has 0 radical (unpaired) electrons. The molecule has 1 N–H and O–H groups in total. The molecule has 0 aliphatic carbocycles. The van der Waals surface area contributed by atoms with Crippen molar-refractivity contribution < 1.29 is 5.18 Å². The Morgan fingerprint density at radius 3 is 2.67 bits per heavy atom. The molecular weight excluding hydrogens is 114 g/mol. The molecule has 46 valence electrons. The van der Waals surface area contributed by atoms with Gasteiger partial charge in [-0.3, -0.25) is 0 Å². The van der Waals surface area contributed by atoms with E-state index in [0.717, 1.165) is 5.56 Å². The molecule has 0 aliphatic rings. The standard InChI is InChI=1S/C7H7NO/c1-6-3-2-4-7(5-6)8-9/h2-5H,1H3/p+1. The zero-order chi connectivity index (χ0) is 6.69. The van der Waals surface area contributed by atoms with Crippen molar-refractivity contribution in [2.24, 2.45) is 0 Å². The summed E-state index contributed by atoms with van der Waals surface area (Å²) in [6.07, 6.45) is 0. The van der Waals surface area contributed by atoms with E-state index in [4.69, 9.17) is 0 Å². The maximum Gasteiger partial charge on any atom is 0.253 e. The van der Waals surface area contributed by atoms with E-state index in [0.29, 0.717) is 5.69 Å². The second-order valence-electron chi connectivity index (χ2n) is 1.97. The minimum absolute atomic E-state index is 0.620. The quantitative estimate of drug-likeness (QED) is 0.577. The van der Waals surface area contributed by atoms with Gasteiger partial charge in [0.25, 0.3) is 5.69 Å². The molecule has 0 saturated heterocycles. The lowest BCUT2D eigenvalue weighted by Crippen LogP contribution is -2.55. The fraction of sp³-hybridized carbons (Fsp3) is 0.143. The Morgan fingerprint density at radius 2 is 2.22 bits per heavy atom. The van der Waals surface area contributed by atoms with E-state index in [1.807, 2.05) is 24.2 Å². The lowest BCUT2D eigenvalue weighted by Gasteiger charge is -1.84. The molecule has 2 nitrogen and oxygen atoms in total. The summed E-state index contributed by atoms with van der Waals surface area (Å²) in [7, 11) is 0. The first-order chi connectivity index (χ1) is 4.33. The van der Waals surface area contributed by atoms with Gasteiger partial charge < -0.3 is 0 Å². The van der Waals surface area contributed by atoms with Crippen molar-refractivity contribution in [3.05, 3.63) is 34.7 Å². The van der Waals surface area contributed by atoms with E-state index in [9.17, 15) is 4.91 Å². The van der Waals surface area contributed by atoms with Gasteiger partial charge in [-0.1, -0.05) is 12.1 Å². The summed E-state index contributed by atoms with van der Waals surface area (Å²) in [6, 6.07) is 7.32. The third kappa shape index (κ3) is 1.35. The molecule has 0 bridgehead atoms. The highest BCUT2D eigenvalue weighted by molar-refractivity contribution is 5.31. The highest BCUT2D eigenvalue weighted by Crippen LogP contribution is 2.01. The van der Waals surface area contributed by atoms with Crippen molar-refractivity contribution in [1.82, 2.24) is 0 Å². The van der Waals surface area contributed by atoms with Gasteiger partial charge in [0.05, 0.1) is 0 Å². The van der Waals surface area contributed by atoms with E-state index in [-0.39, 0.29) is 0 Å². The van der Waals surface area contributed by atoms with Gasteiger partial charge in [-0.05, 0) is 12.5 Å². The van der Waals surface area contributed by atoms with Crippen molar-refractivity contribution in [2.45, 2.75) is 6.92 Å². The van der Waals surface area contributed by atoms with Crippen LogP contribution in [0.4, 0.5) is 5.69 Å². The lowest BCUT2D eigenvalue weighted by molar-refractivity contribution is -0.379. The number of benzene rings is 1. The first kappa shape index (κ1) is 5.95. The van der Waals surface area contributed by atoms with Crippen LogP contribution in [0.3, 0.4) is 0 Å². The maximum absolute atomic E-state index is 10.0. The van der Waals surface area contributed by atoms with Gasteiger partial charge in [0.2, 0.25) is 0 Å². The third-order valence-corrected chi connectivity index (χ3v) is 1.14. The highest BCUT2D eigenvalue weighted by Gasteiger charge is 1.93. The van der Waals surface area contributed by atoms with Crippen molar-refractivity contribution in [3.63, 3.8) is 0 Å². The molecular formula is C7H8NO+. The molecule has 0 unspecified atom stereocenters. The van der Waals surface area contributed by atoms with Gasteiger partial charge in [0.15, 0.2) is 0 Å². The first-order valence-corrected chi connectivity index (χ1v) is 2.78. The Hall–Kier alpha value is -1.18. The lowest BCUT2D eigenvalue weighted by atomic mass is 10.2. The topological polar surface area (TPSA) is 31.0 Å². The molecule has 1 aromatic rings. The molecule has 0 amide bonds. The van der Waals surface area contributed by atoms with Crippen LogP contribution < -0.4 is 5.18 Å². The van der Waals surface area contributed by atoms with Crippen molar-refractivity contribution in [1.29, 1.82) is 0 Å². The number of rotatable bonds is 1. The predicted octanol–water partition coefficient (Wildman–Crippen LogP) is 0.474. The SMILES string of the molecule is Cc1cccc([NH+]=O)c1. The Balaban J connectivity index is 3.07. The number of nitroso groups, excluding NO2 is 1. The van der Waals surface area contributed by atoms with Gasteiger partial charge in [-0.25, -0.2) is 0 Å². The summed E-state index contributed by atoms with van der Waals surface area (Å²) in [5, 5.41) is 1.82. The van der Waals surface area contributed by atoms with Gasteiger partial charge in [-0.2, -0.15) is 0 Å². The molecule has 0 fully saturated rings. The monoisotopic (exact) mass is 122 g/mol. The van der Waals surface area contributed by atoms with E-state index >= 15 is 0 Å². The van der Waals surface area contributed by atoms with Crippen LogP contribution in [0.1, 0.15) is 5.56 Å². The summed E-state index contributed by atoms with van der Waals surface area (Å²) in [4.78, 5) is 10.0. The van der Waals surface area contributed by atoms with Crippen LogP contribution in [0, 0.1) is 11.8 Å². The molecule has 2 heteroatoms. The fourth-order valence-electron chi connectivity index (χ4n) is 0.709. The van der Waals surface area contributed by atoms with E-state index in [2.05, 4.69) is 0 Å². The highest BCUT2D eigenvalue weighted by atomic mass is 16.3. The average molecular weight is 122 g/mol. The van der Waals surface area contributed by atoms with Crippen LogP contribution in [0.25, 0.3) is 0 Å². The van der Waals surface area contributed by atoms with Crippen molar-refractivity contribution in [2.75, 3.05) is 0 Å².